The first kappa shape index (κ1) is 20.5. The van der Waals surface area contributed by atoms with Crippen molar-refractivity contribution in [2.45, 2.75) is 26.7 Å². The zero-order chi connectivity index (χ0) is 22.0. The molecule has 1 aromatic carbocycles. The second-order valence-corrected chi connectivity index (χ2v) is 8.42. The number of H-pyrrole nitrogens is 1. The smallest absolute Gasteiger partial charge is 0.265 e. The molecule has 0 atom stereocenters. The SMILES string of the molecule is Cc1nc(C(C)C)c(-c2ccnc(Nc3ccc(C(=O)Nc4ccccc4N)s3)n2)[nH]1. The molecule has 0 saturated heterocycles. The van der Waals surface area contributed by atoms with Crippen molar-refractivity contribution in [2.24, 2.45) is 0 Å². The van der Waals surface area contributed by atoms with Crippen LogP contribution in [-0.4, -0.2) is 25.8 Å². The van der Waals surface area contributed by atoms with Crippen LogP contribution in [0.5, 0.6) is 0 Å². The maximum atomic E-state index is 12.5. The van der Waals surface area contributed by atoms with Gasteiger partial charge >= 0.3 is 0 Å². The molecule has 0 unspecified atom stereocenters. The van der Waals surface area contributed by atoms with Gasteiger partial charge in [-0.3, -0.25) is 4.79 Å². The summed E-state index contributed by atoms with van der Waals surface area (Å²) < 4.78 is 0. The third-order valence-electron chi connectivity index (χ3n) is 4.58. The van der Waals surface area contributed by atoms with Gasteiger partial charge in [0, 0.05) is 6.20 Å². The number of aryl methyl sites for hydroxylation is 1. The Morgan fingerprint density at radius 3 is 2.71 bits per heavy atom. The van der Waals surface area contributed by atoms with Crippen molar-refractivity contribution in [3.8, 4) is 11.4 Å². The molecule has 0 aliphatic rings. The summed E-state index contributed by atoms with van der Waals surface area (Å²) >= 11 is 1.31. The number of nitrogen functional groups attached to an aromatic ring is 1. The Labute approximate surface area is 184 Å². The molecule has 0 radical (unpaired) electrons. The number of hydrogen-bond acceptors (Lipinski definition) is 7. The van der Waals surface area contributed by atoms with Crippen LogP contribution in [0.25, 0.3) is 11.4 Å². The number of thiophene rings is 1. The normalized spacial score (nSPS) is 11.0. The van der Waals surface area contributed by atoms with Crippen molar-refractivity contribution in [3.63, 3.8) is 0 Å². The van der Waals surface area contributed by atoms with E-state index < -0.39 is 0 Å². The number of imidazole rings is 1. The number of aromatic amines is 1. The third kappa shape index (κ3) is 4.56. The van der Waals surface area contributed by atoms with Crippen LogP contribution in [0, 0.1) is 6.92 Å². The number of carbonyl (C=O) groups is 1. The molecule has 0 aliphatic heterocycles. The van der Waals surface area contributed by atoms with Gasteiger partial charge in [-0.1, -0.05) is 26.0 Å². The molecule has 0 bridgehead atoms. The molecule has 0 fully saturated rings. The van der Waals surface area contributed by atoms with Gasteiger partial charge < -0.3 is 21.4 Å². The summed E-state index contributed by atoms with van der Waals surface area (Å²) in [7, 11) is 0. The minimum atomic E-state index is -0.222. The highest BCUT2D eigenvalue weighted by Crippen LogP contribution is 2.29. The lowest BCUT2D eigenvalue weighted by atomic mass is 10.1. The predicted molar refractivity (Wildman–Crippen MR) is 125 cm³/mol. The molecule has 3 aromatic heterocycles. The van der Waals surface area contributed by atoms with E-state index in [4.69, 9.17) is 5.73 Å². The van der Waals surface area contributed by atoms with Gasteiger partial charge in [0.05, 0.1) is 38.3 Å². The fourth-order valence-corrected chi connectivity index (χ4v) is 3.91. The number of hydrogen-bond donors (Lipinski definition) is 4. The molecule has 158 valence electrons. The first-order valence-electron chi connectivity index (χ1n) is 9.83. The monoisotopic (exact) mass is 433 g/mol. The minimum Gasteiger partial charge on any atom is -0.397 e. The van der Waals surface area contributed by atoms with E-state index in [0.29, 0.717) is 22.2 Å². The zero-order valence-corrected chi connectivity index (χ0v) is 18.2. The van der Waals surface area contributed by atoms with Gasteiger partial charge in [0.25, 0.3) is 5.91 Å². The summed E-state index contributed by atoms with van der Waals surface area (Å²) in [5.41, 5.74) is 9.63. The van der Waals surface area contributed by atoms with Crippen LogP contribution in [0.1, 0.15) is 41.0 Å². The summed E-state index contributed by atoms with van der Waals surface area (Å²) in [5.74, 6) is 1.34. The van der Waals surface area contributed by atoms with Crippen LogP contribution in [-0.2, 0) is 0 Å². The molecule has 1 amide bonds. The Kier molecular flexibility index (Phi) is 5.68. The largest absolute Gasteiger partial charge is 0.397 e. The second kappa shape index (κ2) is 8.57. The van der Waals surface area contributed by atoms with E-state index in [1.807, 2.05) is 31.2 Å². The summed E-state index contributed by atoms with van der Waals surface area (Å²) in [6.07, 6.45) is 1.70. The van der Waals surface area contributed by atoms with Crippen LogP contribution < -0.4 is 16.4 Å². The zero-order valence-electron chi connectivity index (χ0n) is 17.4. The van der Waals surface area contributed by atoms with E-state index >= 15 is 0 Å². The van der Waals surface area contributed by atoms with Crippen LogP contribution in [0.4, 0.5) is 22.3 Å². The highest BCUT2D eigenvalue weighted by atomic mass is 32.1. The molecule has 31 heavy (non-hydrogen) atoms. The van der Waals surface area contributed by atoms with Crippen molar-refractivity contribution in [1.29, 1.82) is 0 Å². The number of anilines is 4. The number of nitrogens with zero attached hydrogens (tertiary/aromatic N) is 3. The highest BCUT2D eigenvalue weighted by Gasteiger charge is 2.16. The Morgan fingerprint density at radius 2 is 1.94 bits per heavy atom. The number of carbonyl (C=O) groups excluding carboxylic acids is 1. The fraction of sp³-hybridized carbons (Fsp3) is 0.182. The molecule has 5 N–H and O–H groups in total. The lowest BCUT2D eigenvalue weighted by Crippen LogP contribution is -2.11. The molecule has 0 spiro atoms. The fourth-order valence-electron chi connectivity index (χ4n) is 3.11. The average Bonchev–Trinajstić information content (AvgIpc) is 3.37. The Balaban J connectivity index is 1.51. The first-order valence-corrected chi connectivity index (χ1v) is 10.6. The molecular formula is C22H23N7OS. The summed E-state index contributed by atoms with van der Waals surface area (Å²) in [4.78, 5) is 29.9. The van der Waals surface area contributed by atoms with Crippen LogP contribution in [0.15, 0.2) is 48.7 Å². The maximum absolute atomic E-state index is 12.5. The molecule has 0 saturated carbocycles. The third-order valence-corrected chi connectivity index (χ3v) is 5.58. The molecule has 9 heteroatoms. The maximum Gasteiger partial charge on any atom is 0.265 e. The molecule has 3 heterocycles. The van der Waals surface area contributed by atoms with Crippen molar-refractivity contribution >= 4 is 39.6 Å². The number of nitrogens with two attached hydrogens (primary N) is 1. The van der Waals surface area contributed by atoms with Gasteiger partial charge in [0.15, 0.2) is 0 Å². The molecule has 4 rings (SSSR count). The highest BCUT2D eigenvalue weighted by molar-refractivity contribution is 7.18. The lowest BCUT2D eigenvalue weighted by Gasteiger charge is -2.07. The first-order chi connectivity index (χ1) is 14.9. The van der Waals surface area contributed by atoms with Gasteiger partial charge in [0.2, 0.25) is 5.95 Å². The second-order valence-electron chi connectivity index (χ2n) is 7.33. The van der Waals surface area contributed by atoms with Crippen LogP contribution in [0.2, 0.25) is 0 Å². The van der Waals surface area contributed by atoms with E-state index in [9.17, 15) is 4.79 Å². The molecule has 0 aliphatic carbocycles. The summed E-state index contributed by atoms with van der Waals surface area (Å²) in [6.45, 7) is 6.12. The lowest BCUT2D eigenvalue weighted by molar-refractivity contribution is 0.103. The quantitative estimate of drug-likeness (QED) is 0.320. The molecule has 4 aromatic rings. The number of nitrogens with one attached hydrogen (secondary N) is 3. The molecule has 8 nitrogen and oxygen atoms in total. The summed E-state index contributed by atoms with van der Waals surface area (Å²) in [5, 5.41) is 6.76. The molecular weight excluding hydrogens is 410 g/mol. The van der Waals surface area contributed by atoms with Gasteiger partial charge in [-0.05, 0) is 43.2 Å². The van der Waals surface area contributed by atoms with E-state index in [1.165, 1.54) is 11.3 Å². The Bertz CT molecular complexity index is 1230. The Hall–Kier alpha value is -3.72. The van der Waals surface area contributed by atoms with E-state index in [-0.39, 0.29) is 11.8 Å². The van der Waals surface area contributed by atoms with Gasteiger partial charge in [-0.2, -0.15) is 0 Å². The van der Waals surface area contributed by atoms with E-state index in [1.54, 1.807) is 24.4 Å². The van der Waals surface area contributed by atoms with E-state index in [0.717, 1.165) is 27.9 Å². The van der Waals surface area contributed by atoms with Crippen molar-refractivity contribution in [2.75, 3.05) is 16.4 Å². The van der Waals surface area contributed by atoms with Crippen molar-refractivity contribution in [1.82, 2.24) is 19.9 Å². The number of benzene rings is 1. The van der Waals surface area contributed by atoms with Gasteiger partial charge in [-0.15, -0.1) is 11.3 Å². The van der Waals surface area contributed by atoms with Crippen LogP contribution >= 0.6 is 11.3 Å². The number of aromatic nitrogens is 4. The van der Waals surface area contributed by atoms with Crippen molar-refractivity contribution < 1.29 is 4.79 Å². The van der Waals surface area contributed by atoms with Crippen molar-refractivity contribution in [3.05, 3.63) is 65.1 Å². The van der Waals surface area contributed by atoms with Crippen LogP contribution in [0.3, 0.4) is 0 Å². The van der Waals surface area contributed by atoms with Gasteiger partial charge in [0.1, 0.15) is 5.82 Å². The Morgan fingerprint density at radius 1 is 1.13 bits per heavy atom. The summed E-state index contributed by atoms with van der Waals surface area (Å²) in [6, 6.07) is 12.6. The standard InChI is InChI=1S/C22H23N7OS/c1-12(2)19-20(26-13(3)25-19)16-10-11-24-22(28-16)29-18-9-8-17(31-18)21(30)27-15-7-5-4-6-14(15)23/h4-12H,23H2,1-3H3,(H,25,26)(H,27,30)(H,24,28,29). The number of para-hydroxylation sites is 2. The van der Waals surface area contributed by atoms with E-state index in [2.05, 4.69) is 44.4 Å². The van der Waals surface area contributed by atoms with Gasteiger partial charge in [-0.25, -0.2) is 15.0 Å². The predicted octanol–water partition coefficient (Wildman–Crippen LogP) is 4.94. The topological polar surface area (TPSA) is 122 Å². The number of rotatable bonds is 6. The minimum absolute atomic E-state index is 0.222. The number of amides is 1. The average molecular weight is 434 g/mol.